The van der Waals surface area contributed by atoms with Crippen molar-refractivity contribution in [3.05, 3.63) is 88.7 Å². The molecular formula is C52H56F7N7O5. The fourth-order valence-corrected chi connectivity index (χ4v) is 11.7. The van der Waals surface area contributed by atoms with Crippen LogP contribution in [0.1, 0.15) is 82.9 Å². The normalized spacial score (nSPS) is 23.9. The highest BCUT2D eigenvalue weighted by molar-refractivity contribution is 5.98. The number of ether oxygens (including phenoxy) is 4. The average molecular weight is 992 g/mol. The van der Waals surface area contributed by atoms with Crippen LogP contribution in [0.5, 0.6) is 23.4 Å². The first-order chi connectivity index (χ1) is 33.8. The summed E-state index contributed by atoms with van der Waals surface area (Å²) in [6.45, 7) is 8.32. The van der Waals surface area contributed by atoms with Gasteiger partial charge < -0.3 is 33.6 Å². The molecule has 3 aromatic carbocycles. The Hall–Kier alpha value is -6.11. The van der Waals surface area contributed by atoms with E-state index in [9.17, 15) is 9.18 Å². The number of hydrogen-bond acceptors (Lipinski definition) is 11. The number of pyridine rings is 1. The number of carbonyl (C=O) groups excluding carboxylic acids is 1. The topological polar surface area (TPSA) is 106 Å². The number of alkyl halides is 4. The highest BCUT2D eigenvalue weighted by Gasteiger charge is 2.54. The molecule has 2 bridgehead atoms. The number of hydrogen-bond donors (Lipinski definition) is 0. The molecule has 0 aliphatic carbocycles. The first-order valence-electron chi connectivity index (χ1n) is 24.0. The van der Waals surface area contributed by atoms with Crippen LogP contribution >= 0.6 is 0 Å². The fraction of sp³-hybridized carbons (Fsp3) is 0.500. The molecule has 0 unspecified atom stereocenters. The summed E-state index contributed by atoms with van der Waals surface area (Å²) in [5, 5.41) is -0.0934. The summed E-state index contributed by atoms with van der Waals surface area (Å²) < 4.78 is 137. The molecule has 7 heterocycles. The van der Waals surface area contributed by atoms with Crippen LogP contribution in [0, 0.1) is 22.9 Å². The Bertz CT molecular complexity index is 2800. The molecule has 6 atom stereocenters. The molecule has 5 aromatic rings. The maximum absolute atomic E-state index is 18.0. The summed E-state index contributed by atoms with van der Waals surface area (Å²) in [5.41, 5.74) is -5.70. The Morgan fingerprint density at radius 3 is 2.18 bits per heavy atom. The van der Waals surface area contributed by atoms with E-state index < -0.39 is 81.6 Å². The van der Waals surface area contributed by atoms with Crippen molar-refractivity contribution in [2.45, 2.75) is 121 Å². The molecule has 2 aromatic heterocycles. The van der Waals surface area contributed by atoms with Crippen molar-refractivity contribution >= 4 is 28.3 Å². The van der Waals surface area contributed by atoms with Gasteiger partial charge in [0, 0.05) is 45.1 Å². The minimum atomic E-state index is -5.42. The van der Waals surface area contributed by atoms with E-state index in [4.69, 9.17) is 23.9 Å². The molecule has 4 fully saturated rings. The lowest BCUT2D eigenvalue weighted by molar-refractivity contribution is -0.138. The van der Waals surface area contributed by atoms with Gasteiger partial charge in [0.2, 0.25) is 11.8 Å². The van der Waals surface area contributed by atoms with Crippen molar-refractivity contribution < 1.29 is 54.5 Å². The molecule has 0 spiro atoms. The van der Waals surface area contributed by atoms with Gasteiger partial charge in [0.1, 0.15) is 64.3 Å². The number of benzene rings is 3. The number of halogens is 7. The number of aromatic nitrogens is 3. The summed E-state index contributed by atoms with van der Waals surface area (Å²) in [5.74, 6) is -4.04. The van der Waals surface area contributed by atoms with Crippen LogP contribution < -0.4 is 28.7 Å². The number of nitrogens with zero attached hydrogens (tertiary/aromatic N) is 7. The van der Waals surface area contributed by atoms with Crippen LogP contribution in [-0.2, 0) is 24.1 Å². The maximum atomic E-state index is 18.0. The van der Waals surface area contributed by atoms with Crippen molar-refractivity contribution in [3.8, 4) is 34.6 Å². The lowest BCUT2D eigenvalue weighted by Gasteiger charge is -2.48. The van der Waals surface area contributed by atoms with Crippen molar-refractivity contribution in [3.63, 3.8) is 0 Å². The van der Waals surface area contributed by atoms with E-state index in [-0.39, 0.29) is 92.2 Å². The smallest absolute Gasteiger partial charge is 0.417 e. The van der Waals surface area contributed by atoms with Crippen LogP contribution in [0.15, 0.2) is 54.6 Å². The summed E-state index contributed by atoms with van der Waals surface area (Å²) >= 11 is 0. The van der Waals surface area contributed by atoms with E-state index in [0.29, 0.717) is 48.4 Å². The number of carbonyl (C=O) groups is 1. The van der Waals surface area contributed by atoms with Crippen LogP contribution in [0.3, 0.4) is 0 Å². The molecule has 378 valence electrons. The minimum Gasteiger partial charge on any atom is -0.497 e. The second kappa shape index (κ2) is 18.2. The highest BCUT2D eigenvalue weighted by atomic mass is 19.4. The second-order valence-corrected chi connectivity index (χ2v) is 20.8. The number of fused-ring (bicyclic) bond motifs is 6. The van der Waals surface area contributed by atoms with Gasteiger partial charge in [0.25, 0.3) is 0 Å². The zero-order chi connectivity index (χ0) is 50.3. The largest absolute Gasteiger partial charge is 0.497 e. The lowest BCUT2D eigenvalue weighted by atomic mass is 9.90. The summed E-state index contributed by atoms with van der Waals surface area (Å²) in [6.07, 6.45) is -4.20. The van der Waals surface area contributed by atoms with E-state index in [1.807, 2.05) is 35.5 Å². The van der Waals surface area contributed by atoms with Crippen LogP contribution in [-0.4, -0.2) is 107 Å². The van der Waals surface area contributed by atoms with Crippen LogP contribution in [0.25, 0.3) is 22.2 Å². The molecule has 10 rings (SSSR count). The Kier molecular flexibility index (Phi) is 12.4. The van der Waals surface area contributed by atoms with Gasteiger partial charge in [-0.25, -0.2) is 22.5 Å². The summed E-state index contributed by atoms with van der Waals surface area (Å²) in [7, 11) is 2.95. The Morgan fingerprint density at radius 1 is 0.901 bits per heavy atom. The monoisotopic (exact) mass is 991 g/mol. The van der Waals surface area contributed by atoms with Gasteiger partial charge in [-0.15, -0.1) is 0 Å². The third kappa shape index (κ3) is 8.89. The first-order valence-corrected chi connectivity index (χ1v) is 24.0. The third-order valence-corrected chi connectivity index (χ3v) is 14.8. The molecule has 1 amide bonds. The summed E-state index contributed by atoms with van der Waals surface area (Å²) in [6, 6.07) is 11.7. The van der Waals surface area contributed by atoms with E-state index in [0.717, 1.165) is 6.42 Å². The maximum Gasteiger partial charge on any atom is 0.417 e. The second-order valence-electron chi connectivity index (χ2n) is 20.8. The van der Waals surface area contributed by atoms with Gasteiger partial charge in [-0.2, -0.15) is 23.1 Å². The Labute approximate surface area is 407 Å². The minimum absolute atomic E-state index is 0.0414. The molecule has 12 nitrogen and oxygen atoms in total. The molecular weight excluding hydrogens is 936 g/mol. The summed E-state index contributed by atoms with van der Waals surface area (Å²) in [4.78, 5) is 34.9. The standard InChI is InChI=1S/C52H56F7N7O5/c1-28-45-37-17-12-32(66(37)38(67)22-50(2,3)4)26-65(45)47-40-44(61-49(62-47)70-27-51-18-7-19-64(51)25-31(53)21-51)42(56)43(60-48(40)71-28)39-35(52(57,58)59)20-36(54)46(41(39)55)63(23-29-8-13-33(68-5)14-9-29)24-30-10-15-34(69-6)16-11-30/h8-11,13-16,20,28,31-32,37,45H,7,12,17-19,21-27H2,1-6H3/t28-,31+,32+,37-,45+,51-/m0/s1. The fourth-order valence-electron chi connectivity index (χ4n) is 11.7. The van der Waals surface area contributed by atoms with E-state index in [2.05, 4.69) is 9.97 Å². The van der Waals surface area contributed by atoms with Gasteiger partial charge in [0.05, 0.1) is 43.0 Å². The number of amides is 1. The van der Waals surface area contributed by atoms with Crippen LogP contribution in [0.4, 0.5) is 42.2 Å². The van der Waals surface area contributed by atoms with Gasteiger partial charge in [-0.3, -0.25) is 9.69 Å². The number of rotatable bonds is 12. The number of methoxy groups -OCH3 is 2. The number of anilines is 2. The molecule has 0 radical (unpaired) electrons. The molecule has 71 heavy (non-hydrogen) atoms. The average Bonchev–Trinajstić information content (AvgIpc) is 3.93. The van der Waals surface area contributed by atoms with Gasteiger partial charge in [0.15, 0.2) is 11.6 Å². The first kappa shape index (κ1) is 48.5. The quantitative estimate of drug-likeness (QED) is 0.112. The van der Waals surface area contributed by atoms with Crippen molar-refractivity contribution in [2.24, 2.45) is 5.41 Å². The Morgan fingerprint density at radius 2 is 1.56 bits per heavy atom. The zero-order valence-electron chi connectivity index (χ0n) is 40.4. The van der Waals surface area contributed by atoms with E-state index >= 15 is 26.3 Å². The SMILES string of the molecule is COc1ccc(CN(Cc2ccc(OC)cc2)c2c(F)cc(C(F)(F)F)c(-c3nc4c5c(nc(OC[C@@]67CCCN6C[C@H](F)C7)nc5c3F)N3C[C@H]5CC[C@@H]([C@H]3[C@H](C)O4)N5C(=O)CC(C)(C)C)c2F)cc1. The lowest BCUT2D eigenvalue weighted by Crippen LogP contribution is -2.65. The predicted molar refractivity (Wildman–Crippen MR) is 251 cm³/mol. The van der Waals surface area contributed by atoms with Crippen molar-refractivity contribution in [1.29, 1.82) is 0 Å². The van der Waals surface area contributed by atoms with Gasteiger partial charge in [-0.05, 0) is 86.0 Å². The third-order valence-electron chi connectivity index (χ3n) is 14.8. The van der Waals surface area contributed by atoms with E-state index in [1.165, 1.54) is 19.1 Å². The van der Waals surface area contributed by atoms with Crippen molar-refractivity contribution in [2.75, 3.05) is 50.3 Å². The molecule has 19 heteroatoms. The van der Waals surface area contributed by atoms with Gasteiger partial charge in [-0.1, -0.05) is 45.0 Å². The molecule has 0 N–H and O–H groups in total. The molecule has 0 saturated carbocycles. The van der Waals surface area contributed by atoms with E-state index in [1.54, 1.807) is 55.5 Å². The van der Waals surface area contributed by atoms with Crippen molar-refractivity contribution in [1.82, 2.24) is 24.8 Å². The van der Waals surface area contributed by atoms with Gasteiger partial charge >= 0.3 is 12.2 Å². The predicted octanol–water partition coefficient (Wildman–Crippen LogP) is 10.1. The molecule has 4 saturated heterocycles. The molecule has 5 aliphatic heterocycles. The molecule has 5 aliphatic rings. The zero-order valence-corrected chi connectivity index (χ0v) is 40.4. The Balaban J connectivity index is 1.15. The highest BCUT2D eigenvalue weighted by Crippen LogP contribution is 2.50. The van der Waals surface area contributed by atoms with Crippen LogP contribution in [0.2, 0.25) is 0 Å². The number of piperazine rings is 1.